The number of hydrogen-bond donors (Lipinski definition) is 1. The summed E-state index contributed by atoms with van der Waals surface area (Å²) in [7, 11) is 0. The van der Waals surface area contributed by atoms with E-state index >= 15 is 0 Å². The lowest BCUT2D eigenvalue weighted by molar-refractivity contribution is -0.111. The predicted octanol–water partition coefficient (Wildman–Crippen LogP) is 0.252. The van der Waals surface area contributed by atoms with E-state index in [4.69, 9.17) is 5.73 Å². The van der Waals surface area contributed by atoms with Crippen LogP contribution < -0.4 is 5.73 Å². The summed E-state index contributed by atoms with van der Waals surface area (Å²) >= 11 is 0. The Kier molecular flexibility index (Phi) is 2.95. The fraction of sp³-hybridized carbons (Fsp3) is 0.200. The van der Waals surface area contributed by atoms with Gasteiger partial charge in [-0.3, -0.25) is 4.79 Å². The van der Waals surface area contributed by atoms with Gasteiger partial charge in [-0.1, -0.05) is 0 Å². The maximum Gasteiger partial charge on any atom is 0.177 e. The monoisotopic (exact) mass is 146 g/mol. The number of nitrogens with two attached hydrogens (primary N) is 1. The van der Waals surface area contributed by atoms with Crippen molar-refractivity contribution in [3.63, 3.8) is 0 Å². The SMILES string of the molecule is Cl.NC1=CCC(=O)C=N1. The van der Waals surface area contributed by atoms with Crippen LogP contribution in [0.5, 0.6) is 0 Å². The molecule has 0 aromatic carbocycles. The predicted molar refractivity (Wildman–Crippen MR) is 37.6 cm³/mol. The Hall–Kier alpha value is -0.830. The molecule has 50 valence electrons. The van der Waals surface area contributed by atoms with Gasteiger partial charge in [0, 0.05) is 6.42 Å². The molecular formula is C5H7ClN2O. The minimum absolute atomic E-state index is 0. The molecule has 2 N–H and O–H groups in total. The third-order valence-corrected chi connectivity index (χ3v) is 0.870. The van der Waals surface area contributed by atoms with Crippen LogP contribution in [-0.2, 0) is 4.79 Å². The van der Waals surface area contributed by atoms with Gasteiger partial charge in [0.25, 0.3) is 0 Å². The molecule has 0 radical (unpaired) electrons. The molecule has 0 bridgehead atoms. The summed E-state index contributed by atoms with van der Waals surface area (Å²) in [6.07, 6.45) is 3.24. The van der Waals surface area contributed by atoms with Crippen LogP contribution in [0.1, 0.15) is 6.42 Å². The first-order chi connectivity index (χ1) is 3.79. The molecule has 1 aliphatic rings. The van der Waals surface area contributed by atoms with Crippen molar-refractivity contribution in [3.05, 3.63) is 11.9 Å². The molecule has 0 saturated heterocycles. The Morgan fingerprint density at radius 3 is 2.67 bits per heavy atom. The molecule has 0 saturated carbocycles. The molecule has 1 aliphatic heterocycles. The summed E-state index contributed by atoms with van der Waals surface area (Å²) in [5.74, 6) is 0.448. The number of Topliss-reactive ketones (excluding diaryl/α,β-unsaturated/α-hetero) is 1. The smallest absolute Gasteiger partial charge is 0.177 e. The van der Waals surface area contributed by atoms with Crippen LogP contribution in [0, 0.1) is 0 Å². The first-order valence-electron chi connectivity index (χ1n) is 2.31. The van der Waals surface area contributed by atoms with Gasteiger partial charge in [0.15, 0.2) is 5.78 Å². The number of ketones is 1. The topological polar surface area (TPSA) is 55.5 Å². The molecule has 9 heavy (non-hydrogen) atoms. The third kappa shape index (κ3) is 2.28. The number of carbonyl (C=O) groups is 1. The Labute approximate surface area is 59.1 Å². The number of nitrogens with zero attached hydrogens (tertiary/aromatic N) is 1. The molecule has 0 atom stereocenters. The van der Waals surface area contributed by atoms with E-state index in [2.05, 4.69) is 4.99 Å². The summed E-state index contributed by atoms with van der Waals surface area (Å²) < 4.78 is 0. The van der Waals surface area contributed by atoms with Gasteiger partial charge >= 0.3 is 0 Å². The van der Waals surface area contributed by atoms with Crippen molar-refractivity contribution in [2.24, 2.45) is 10.7 Å². The summed E-state index contributed by atoms with van der Waals surface area (Å²) in [6, 6.07) is 0. The molecule has 1 rings (SSSR count). The van der Waals surface area contributed by atoms with Crippen LogP contribution in [0.2, 0.25) is 0 Å². The average molecular weight is 147 g/mol. The minimum Gasteiger partial charge on any atom is -0.384 e. The molecule has 0 spiro atoms. The largest absolute Gasteiger partial charge is 0.384 e. The lowest BCUT2D eigenvalue weighted by atomic mass is 10.2. The van der Waals surface area contributed by atoms with E-state index in [1.807, 2.05) is 0 Å². The van der Waals surface area contributed by atoms with Gasteiger partial charge in [-0.2, -0.15) is 0 Å². The number of carbonyl (C=O) groups excluding carboxylic acids is 1. The second-order valence-corrected chi connectivity index (χ2v) is 1.56. The van der Waals surface area contributed by atoms with Crippen LogP contribution in [0.3, 0.4) is 0 Å². The van der Waals surface area contributed by atoms with Crippen LogP contribution in [0.4, 0.5) is 0 Å². The van der Waals surface area contributed by atoms with Crippen molar-refractivity contribution >= 4 is 24.4 Å². The van der Waals surface area contributed by atoms with E-state index in [1.165, 1.54) is 6.21 Å². The van der Waals surface area contributed by atoms with Gasteiger partial charge < -0.3 is 5.73 Å². The molecule has 0 amide bonds. The van der Waals surface area contributed by atoms with Crippen molar-refractivity contribution < 1.29 is 4.79 Å². The highest BCUT2D eigenvalue weighted by molar-refractivity contribution is 6.28. The van der Waals surface area contributed by atoms with Crippen molar-refractivity contribution in [2.75, 3.05) is 0 Å². The van der Waals surface area contributed by atoms with E-state index in [1.54, 1.807) is 6.08 Å². The molecule has 0 aliphatic carbocycles. The zero-order valence-electron chi connectivity index (χ0n) is 4.70. The van der Waals surface area contributed by atoms with E-state index in [0.717, 1.165) is 0 Å². The second kappa shape index (κ2) is 3.25. The zero-order chi connectivity index (χ0) is 5.98. The Bertz CT molecular complexity index is 171. The Balaban J connectivity index is 0.000000640. The number of allylic oxidation sites excluding steroid dienone is 1. The summed E-state index contributed by atoms with van der Waals surface area (Å²) in [5, 5.41) is 0. The van der Waals surface area contributed by atoms with Gasteiger partial charge in [-0.25, -0.2) is 4.99 Å². The summed E-state index contributed by atoms with van der Waals surface area (Å²) in [6.45, 7) is 0. The van der Waals surface area contributed by atoms with Gasteiger partial charge in [-0.15, -0.1) is 12.4 Å². The molecule has 0 fully saturated rings. The van der Waals surface area contributed by atoms with Crippen LogP contribution in [0.15, 0.2) is 16.9 Å². The van der Waals surface area contributed by atoms with Gasteiger partial charge in [-0.05, 0) is 6.08 Å². The number of halogens is 1. The van der Waals surface area contributed by atoms with E-state index in [-0.39, 0.29) is 18.2 Å². The summed E-state index contributed by atoms with van der Waals surface area (Å²) in [5.41, 5.74) is 5.21. The molecule has 0 unspecified atom stereocenters. The Morgan fingerprint density at radius 2 is 2.33 bits per heavy atom. The quantitative estimate of drug-likeness (QED) is 0.533. The molecule has 0 aromatic heterocycles. The molecule has 3 nitrogen and oxygen atoms in total. The van der Waals surface area contributed by atoms with E-state index < -0.39 is 0 Å². The zero-order valence-corrected chi connectivity index (χ0v) is 5.52. The van der Waals surface area contributed by atoms with Crippen LogP contribution in [-0.4, -0.2) is 12.0 Å². The first-order valence-corrected chi connectivity index (χ1v) is 2.31. The van der Waals surface area contributed by atoms with Gasteiger partial charge in [0.05, 0.1) is 6.21 Å². The third-order valence-electron chi connectivity index (χ3n) is 0.870. The normalized spacial score (nSPS) is 16.4. The first kappa shape index (κ1) is 8.17. The average Bonchev–Trinajstić information content (AvgIpc) is 1.77. The maximum absolute atomic E-state index is 10.4. The Morgan fingerprint density at radius 1 is 1.67 bits per heavy atom. The maximum atomic E-state index is 10.4. The summed E-state index contributed by atoms with van der Waals surface area (Å²) in [4.78, 5) is 13.9. The van der Waals surface area contributed by atoms with Gasteiger partial charge in [0.1, 0.15) is 5.82 Å². The highest BCUT2D eigenvalue weighted by Gasteiger charge is 1.99. The number of aliphatic imine (C=N–C) groups is 1. The highest BCUT2D eigenvalue weighted by Crippen LogP contribution is 1.95. The van der Waals surface area contributed by atoms with Gasteiger partial charge in [0.2, 0.25) is 0 Å². The minimum atomic E-state index is 0. The number of hydrogen-bond acceptors (Lipinski definition) is 3. The van der Waals surface area contributed by atoms with Crippen LogP contribution in [0.25, 0.3) is 0 Å². The van der Waals surface area contributed by atoms with E-state index in [0.29, 0.717) is 12.2 Å². The van der Waals surface area contributed by atoms with Crippen molar-refractivity contribution in [2.45, 2.75) is 6.42 Å². The molecular weight excluding hydrogens is 140 g/mol. The molecule has 1 heterocycles. The second-order valence-electron chi connectivity index (χ2n) is 1.56. The van der Waals surface area contributed by atoms with Crippen molar-refractivity contribution in [1.82, 2.24) is 0 Å². The standard InChI is InChI=1S/C5H6N2O.ClH/c6-5-2-1-4(8)3-7-5;/h2-3H,1,6H2;1H. The lowest BCUT2D eigenvalue weighted by Crippen LogP contribution is -2.06. The molecule has 4 heteroatoms. The van der Waals surface area contributed by atoms with Crippen molar-refractivity contribution in [3.8, 4) is 0 Å². The van der Waals surface area contributed by atoms with Crippen molar-refractivity contribution in [1.29, 1.82) is 0 Å². The lowest BCUT2D eigenvalue weighted by Gasteiger charge is -1.96. The van der Waals surface area contributed by atoms with E-state index in [9.17, 15) is 4.79 Å². The highest BCUT2D eigenvalue weighted by atomic mass is 35.5. The number of rotatable bonds is 0. The van der Waals surface area contributed by atoms with Crippen LogP contribution >= 0.6 is 12.4 Å². The molecule has 0 aromatic rings. The fourth-order valence-electron chi connectivity index (χ4n) is 0.457. The fourth-order valence-corrected chi connectivity index (χ4v) is 0.457.